The topological polar surface area (TPSA) is 114 Å². The van der Waals surface area contributed by atoms with Gasteiger partial charge in [0.1, 0.15) is 6.10 Å². The highest BCUT2D eigenvalue weighted by atomic mass is 16.7. The van der Waals surface area contributed by atoms with Crippen LogP contribution in [0, 0.1) is 17.3 Å². The zero-order valence-corrected chi connectivity index (χ0v) is 27.9. The third-order valence-corrected chi connectivity index (χ3v) is 9.05. The minimum absolute atomic E-state index is 0.00212. The lowest BCUT2D eigenvalue weighted by atomic mass is 9.84. The first-order chi connectivity index (χ1) is 20.5. The normalized spacial score (nSPS) is 23.7. The van der Waals surface area contributed by atoms with Gasteiger partial charge in [-0.25, -0.2) is 0 Å². The molecule has 2 aliphatic rings. The standard InChI is InChI=1S/C35H62N2O6/c1-6-7-8-9-10-11-12-13-14-15-16-17-18-19-20-24-30(38)37-29-23-21-22-27(29)28(33(40)41)25-36-32(39)31-34(2,3)26-42-35(4,5)43-31/h13-14,27-29,31H,6-12,15-26H2,1-5H3,(H,36,39)(H,37,38)(H,40,41)/b14-13-. The molecule has 8 nitrogen and oxygen atoms in total. The van der Waals surface area contributed by atoms with Gasteiger partial charge in [-0.2, -0.15) is 0 Å². The predicted octanol–water partition coefficient (Wildman–Crippen LogP) is 7.30. The van der Waals surface area contributed by atoms with Crippen molar-refractivity contribution in [1.29, 1.82) is 0 Å². The summed E-state index contributed by atoms with van der Waals surface area (Å²) in [5.74, 6) is -3.13. The highest BCUT2D eigenvalue weighted by molar-refractivity contribution is 5.82. The fourth-order valence-corrected chi connectivity index (χ4v) is 6.33. The molecule has 1 saturated carbocycles. The monoisotopic (exact) mass is 606 g/mol. The summed E-state index contributed by atoms with van der Waals surface area (Å²) in [6, 6.07) is -0.177. The van der Waals surface area contributed by atoms with Gasteiger partial charge in [0.15, 0.2) is 5.79 Å². The van der Waals surface area contributed by atoms with Crippen LogP contribution in [0.25, 0.3) is 0 Å². The second kappa shape index (κ2) is 19.5. The van der Waals surface area contributed by atoms with Gasteiger partial charge in [0.2, 0.25) is 11.8 Å². The van der Waals surface area contributed by atoms with Crippen LogP contribution < -0.4 is 10.6 Å². The Morgan fingerprint density at radius 1 is 0.884 bits per heavy atom. The molecule has 248 valence electrons. The van der Waals surface area contributed by atoms with Crippen molar-refractivity contribution in [2.24, 2.45) is 17.3 Å². The van der Waals surface area contributed by atoms with Gasteiger partial charge in [0, 0.05) is 24.4 Å². The van der Waals surface area contributed by atoms with Crippen LogP contribution in [0.5, 0.6) is 0 Å². The fourth-order valence-electron chi connectivity index (χ4n) is 6.33. The number of carboxylic acid groups (broad SMARTS) is 1. The molecule has 4 atom stereocenters. The van der Waals surface area contributed by atoms with Gasteiger partial charge in [-0.1, -0.05) is 90.7 Å². The van der Waals surface area contributed by atoms with Crippen LogP contribution in [0.1, 0.15) is 144 Å². The Morgan fingerprint density at radius 3 is 2.12 bits per heavy atom. The van der Waals surface area contributed by atoms with Gasteiger partial charge in [-0.3, -0.25) is 14.4 Å². The Morgan fingerprint density at radius 2 is 1.49 bits per heavy atom. The minimum atomic E-state index is -0.948. The number of nitrogens with one attached hydrogen (secondary N) is 2. The number of rotatable bonds is 21. The SMILES string of the molecule is CCCCCCCC/C=C\CCCCCCCC(=O)NC1CCCC1C(CNC(=O)C1OC(C)(C)OCC1(C)C)C(=O)O. The Labute approximate surface area is 261 Å². The summed E-state index contributed by atoms with van der Waals surface area (Å²) in [5, 5.41) is 16.0. The van der Waals surface area contributed by atoms with Crippen molar-refractivity contribution in [2.75, 3.05) is 13.2 Å². The second-order valence-corrected chi connectivity index (χ2v) is 14.0. The maximum atomic E-state index is 13.1. The summed E-state index contributed by atoms with van der Waals surface area (Å²) in [5.41, 5.74) is -0.536. The molecule has 0 aromatic carbocycles. The molecule has 4 unspecified atom stereocenters. The van der Waals surface area contributed by atoms with E-state index in [-0.39, 0.29) is 30.3 Å². The van der Waals surface area contributed by atoms with Crippen molar-refractivity contribution in [3.05, 3.63) is 12.2 Å². The maximum Gasteiger partial charge on any atom is 0.308 e. The van der Waals surface area contributed by atoms with Gasteiger partial charge in [0.25, 0.3) is 0 Å². The van der Waals surface area contributed by atoms with E-state index in [9.17, 15) is 19.5 Å². The van der Waals surface area contributed by atoms with E-state index in [4.69, 9.17) is 9.47 Å². The number of ether oxygens (including phenoxy) is 2. The molecule has 1 aliphatic carbocycles. The second-order valence-electron chi connectivity index (χ2n) is 14.0. The summed E-state index contributed by atoms with van der Waals surface area (Å²) >= 11 is 0. The van der Waals surface area contributed by atoms with Gasteiger partial charge in [0.05, 0.1) is 12.5 Å². The zero-order chi connectivity index (χ0) is 31.7. The van der Waals surface area contributed by atoms with Crippen molar-refractivity contribution < 1.29 is 29.0 Å². The lowest BCUT2D eigenvalue weighted by molar-refractivity contribution is -0.304. The van der Waals surface area contributed by atoms with Crippen molar-refractivity contribution in [3.8, 4) is 0 Å². The molecule has 0 aromatic heterocycles. The number of carbonyl (C=O) groups excluding carboxylic acids is 2. The van der Waals surface area contributed by atoms with Crippen LogP contribution in [0.4, 0.5) is 0 Å². The molecule has 3 N–H and O–H groups in total. The smallest absolute Gasteiger partial charge is 0.308 e. The highest BCUT2D eigenvalue weighted by Gasteiger charge is 2.46. The lowest BCUT2D eigenvalue weighted by Gasteiger charge is -2.44. The van der Waals surface area contributed by atoms with E-state index in [0.717, 1.165) is 44.9 Å². The first kappa shape index (κ1) is 37.3. The molecule has 2 fully saturated rings. The molecule has 0 radical (unpaired) electrons. The van der Waals surface area contributed by atoms with Crippen LogP contribution in [-0.2, 0) is 23.9 Å². The quantitative estimate of drug-likeness (QED) is 0.0933. The number of aliphatic carboxylic acids is 1. The predicted molar refractivity (Wildman–Crippen MR) is 172 cm³/mol. The van der Waals surface area contributed by atoms with E-state index >= 15 is 0 Å². The molecular formula is C35H62N2O6. The Hall–Kier alpha value is -1.93. The average molecular weight is 607 g/mol. The van der Waals surface area contributed by atoms with Crippen LogP contribution in [-0.4, -0.2) is 54.0 Å². The van der Waals surface area contributed by atoms with Crippen LogP contribution in [0.2, 0.25) is 0 Å². The lowest BCUT2D eigenvalue weighted by Crippen LogP contribution is -2.57. The van der Waals surface area contributed by atoms with Crippen molar-refractivity contribution in [3.63, 3.8) is 0 Å². The minimum Gasteiger partial charge on any atom is -0.481 e. The Balaban J connectivity index is 1.64. The van der Waals surface area contributed by atoms with Crippen molar-refractivity contribution in [1.82, 2.24) is 10.6 Å². The van der Waals surface area contributed by atoms with E-state index in [2.05, 4.69) is 29.7 Å². The summed E-state index contributed by atoms with van der Waals surface area (Å²) in [4.78, 5) is 38.0. The number of unbranched alkanes of at least 4 members (excludes halogenated alkanes) is 11. The van der Waals surface area contributed by atoms with Crippen molar-refractivity contribution in [2.45, 2.75) is 162 Å². The molecular weight excluding hydrogens is 544 g/mol. The highest BCUT2D eigenvalue weighted by Crippen LogP contribution is 2.36. The van der Waals surface area contributed by atoms with E-state index in [1.54, 1.807) is 13.8 Å². The molecule has 2 amide bonds. The molecule has 0 spiro atoms. The van der Waals surface area contributed by atoms with Crippen molar-refractivity contribution >= 4 is 17.8 Å². The number of allylic oxidation sites excluding steroid dienone is 2. The molecule has 0 aromatic rings. The zero-order valence-electron chi connectivity index (χ0n) is 27.9. The molecule has 0 bridgehead atoms. The van der Waals surface area contributed by atoms with Gasteiger partial charge >= 0.3 is 5.97 Å². The van der Waals surface area contributed by atoms with E-state index in [0.29, 0.717) is 13.0 Å². The van der Waals surface area contributed by atoms with E-state index in [1.165, 1.54) is 57.8 Å². The number of carboxylic acids is 1. The molecule has 2 rings (SSSR count). The third kappa shape index (κ3) is 14.1. The number of hydrogen-bond donors (Lipinski definition) is 3. The van der Waals surface area contributed by atoms with E-state index in [1.807, 2.05) is 13.8 Å². The summed E-state index contributed by atoms with van der Waals surface area (Å²) < 4.78 is 11.6. The number of hydrogen-bond acceptors (Lipinski definition) is 5. The largest absolute Gasteiger partial charge is 0.481 e. The van der Waals surface area contributed by atoms with Crippen LogP contribution in [0.15, 0.2) is 12.2 Å². The van der Waals surface area contributed by atoms with Gasteiger partial charge < -0.3 is 25.2 Å². The first-order valence-corrected chi connectivity index (χ1v) is 17.2. The van der Waals surface area contributed by atoms with Gasteiger partial charge in [-0.15, -0.1) is 0 Å². The average Bonchev–Trinajstić information content (AvgIpc) is 3.39. The number of amides is 2. The Bertz CT molecular complexity index is 870. The summed E-state index contributed by atoms with van der Waals surface area (Å²) in [6.07, 6.45) is 22.6. The van der Waals surface area contributed by atoms with Crippen LogP contribution in [0.3, 0.4) is 0 Å². The van der Waals surface area contributed by atoms with E-state index < -0.39 is 29.2 Å². The number of carbonyl (C=O) groups is 3. The molecule has 8 heteroatoms. The molecule has 43 heavy (non-hydrogen) atoms. The first-order valence-electron chi connectivity index (χ1n) is 17.2. The Kier molecular flexibility index (Phi) is 16.9. The summed E-state index contributed by atoms with van der Waals surface area (Å²) in [6.45, 7) is 9.98. The fraction of sp³-hybridized carbons (Fsp3) is 0.857. The molecule has 1 heterocycles. The molecule has 1 saturated heterocycles. The third-order valence-electron chi connectivity index (χ3n) is 9.05. The van der Waals surface area contributed by atoms with Crippen LogP contribution >= 0.6 is 0 Å². The van der Waals surface area contributed by atoms with Gasteiger partial charge in [-0.05, 0) is 64.7 Å². The summed E-state index contributed by atoms with van der Waals surface area (Å²) in [7, 11) is 0. The molecule has 1 aliphatic heterocycles. The maximum absolute atomic E-state index is 13.1.